The van der Waals surface area contributed by atoms with Crippen molar-refractivity contribution in [1.29, 1.82) is 0 Å². The van der Waals surface area contributed by atoms with Crippen molar-refractivity contribution in [1.82, 2.24) is 10.2 Å². The lowest BCUT2D eigenvalue weighted by atomic mass is 10.0. The molecule has 7 heteroatoms. The molecule has 190 valence electrons. The molecule has 3 aromatic carbocycles. The minimum absolute atomic E-state index is 0.0710. The quantitative estimate of drug-likeness (QED) is 0.337. The van der Waals surface area contributed by atoms with E-state index in [1.54, 1.807) is 45.0 Å². The van der Waals surface area contributed by atoms with Gasteiger partial charge in [-0.1, -0.05) is 54.5 Å². The number of hydrogen-bond acceptors (Lipinski definition) is 4. The Labute approximate surface area is 217 Å². The molecule has 0 aliphatic carbocycles. The van der Waals surface area contributed by atoms with Gasteiger partial charge in [-0.25, -0.2) is 4.79 Å². The number of alkyl carbamates (subject to hydrolysis) is 1. The summed E-state index contributed by atoms with van der Waals surface area (Å²) in [5.41, 5.74) is 1.08. The van der Waals surface area contributed by atoms with E-state index < -0.39 is 29.6 Å². The van der Waals surface area contributed by atoms with Crippen LogP contribution < -0.4 is 10.6 Å². The second kappa shape index (κ2) is 11.9. The fourth-order valence-electron chi connectivity index (χ4n) is 3.77. The highest BCUT2D eigenvalue weighted by Crippen LogP contribution is 2.25. The van der Waals surface area contributed by atoms with Crippen molar-refractivity contribution in [3.05, 3.63) is 90.5 Å². The molecular formula is C30H31N3O4. The van der Waals surface area contributed by atoms with Crippen LogP contribution >= 0.6 is 0 Å². The molecule has 0 aromatic heterocycles. The number of nitrogens with one attached hydrogen (secondary N) is 2. The maximum Gasteiger partial charge on any atom is 0.408 e. The van der Waals surface area contributed by atoms with E-state index in [2.05, 4.69) is 23.1 Å². The van der Waals surface area contributed by atoms with Gasteiger partial charge in [0.25, 0.3) is 5.91 Å². The van der Waals surface area contributed by atoms with E-state index in [9.17, 15) is 14.4 Å². The van der Waals surface area contributed by atoms with Crippen molar-refractivity contribution in [3.63, 3.8) is 0 Å². The van der Waals surface area contributed by atoms with Crippen molar-refractivity contribution in [2.24, 2.45) is 0 Å². The number of benzene rings is 3. The summed E-state index contributed by atoms with van der Waals surface area (Å²) in [6.07, 6.45) is 6.29. The molecule has 0 bridgehead atoms. The van der Waals surface area contributed by atoms with Gasteiger partial charge in [0, 0.05) is 17.8 Å². The van der Waals surface area contributed by atoms with Crippen LogP contribution in [0.2, 0.25) is 0 Å². The first-order chi connectivity index (χ1) is 17.6. The minimum Gasteiger partial charge on any atom is -0.444 e. The molecule has 0 aliphatic rings. The van der Waals surface area contributed by atoms with Crippen LogP contribution in [-0.4, -0.2) is 41.5 Å². The van der Waals surface area contributed by atoms with Crippen molar-refractivity contribution in [2.75, 3.05) is 18.4 Å². The standard InChI is InChI=1S/C30H31N3O4/c1-6-18-33(26(34)20-31-29(36)37-30(3,4)5)27(23-14-12-21(7-2)13-15-23)28(35)32-25-17-16-22-10-8-9-11-24(22)19-25/h2,6,8-17,19,27H,1,18,20H2,3-5H3,(H,31,36)(H,32,35). The SMILES string of the molecule is C#Cc1ccc(C(C(=O)Nc2ccc3ccccc3c2)N(CC=C)C(=O)CNC(=O)OC(C)(C)C)cc1. The van der Waals surface area contributed by atoms with Gasteiger partial charge in [0.1, 0.15) is 18.2 Å². The van der Waals surface area contributed by atoms with Crippen LogP contribution in [0.25, 0.3) is 10.8 Å². The maximum absolute atomic E-state index is 13.7. The van der Waals surface area contributed by atoms with Gasteiger partial charge in [0.05, 0.1) is 0 Å². The largest absolute Gasteiger partial charge is 0.444 e. The summed E-state index contributed by atoms with van der Waals surface area (Å²) in [6, 6.07) is 19.2. The molecule has 0 radical (unpaired) electrons. The number of ether oxygens (including phenoxy) is 1. The Balaban J connectivity index is 1.90. The van der Waals surface area contributed by atoms with Crippen LogP contribution in [0.5, 0.6) is 0 Å². The zero-order valence-electron chi connectivity index (χ0n) is 21.3. The monoisotopic (exact) mass is 497 g/mol. The second-order valence-electron chi connectivity index (χ2n) is 9.41. The van der Waals surface area contributed by atoms with E-state index in [0.717, 1.165) is 10.8 Å². The van der Waals surface area contributed by atoms with Gasteiger partial charge in [0.2, 0.25) is 5.91 Å². The van der Waals surface area contributed by atoms with E-state index in [4.69, 9.17) is 11.2 Å². The zero-order valence-corrected chi connectivity index (χ0v) is 21.3. The Bertz CT molecular complexity index is 1330. The lowest BCUT2D eigenvalue weighted by Crippen LogP contribution is -2.46. The molecule has 3 rings (SSSR count). The molecular weight excluding hydrogens is 466 g/mol. The number of fused-ring (bicyclic) bond motifs is 1. The molecule has 0 fully saturated rings. The Kier molecular flexibility index (Phi) is 8.70. The highest BCUT2D eigenvalue weighted by Gasteiger charge is 2.31. The van der Waals surface area contributed by atoms with Crippen molar-refractivity contribution >= 4 is 34.4 Å². The van der Waals surface area contributed by atoms with Gasteiger partial charge in [0.15, 0.2) is 0 Å². The predicted molar refractivity (Wildman–Crippen MR) is 146 cm³/mol. The summed E-state index contributed by atoms with van der Waals surface area (Å²) in [4.78, 5) is 40.4. The van der Waals surface area contributed by atoms with Crippen LogP contribution in [0.15, 0.2) is 79.4 Å². The Morgan fingerprint density at radius 3 is 2.35 bits per heavy atom. The third kappa shape index (κ3) is 7.45. The van der Waals surface area contributed by atoms with Gasteiger partial charge in [-0.3, -0.25) is 9.59 Å². The predicted octanol–water partition coefficient (Wildman–Crippen LogP) is 5.04. The normalized spacial score (nSPS) is 11.6. The van der Waals surface area contributed by atoms with E-state index in [0.29, 0.717) is 16.8 Å². The van der Waals surface area contributed by atoms with Crippen LogP contribution in [0.1, 0.15) is 37.9 Å². The number of terminal acetylenes is 1. The summed E-state index contributed by atoms with van der Waals surface area (Å²) >= 11 is 0. The second-order valence-corrected chi connectivity index (χ2v) is 9.41. The Hall–Kier alpha value is -4.57. The van der Waals surface area contributed by atoms with Gasteiger partial charge in [-0.05, 0) is 61.4 Å². The number of carbonyl (C=O) groups excluding carboxylic acids is 3. The molecule has 0 saturated heterocycles. The first kappa shape index (κ1) is 27.0. The molecule has 3 amide bonds. The summed E-state index contributed by atoms with van der Waals surface area (Å²) in [5.74, 6) is 1.65. The molecule has 3 aromatic rings. The summed E-state index contributed by atoms with van der Waals surface area (Å²) in [7, 11) is 0. The molecule has 7 nitrogen and oxygen atoms in total. The molecule has 0 spiro atoms. The average Bonchev–Trinajstić information content (AvgIpc) is 2.86. The fourth-order valence-corrected chi connectivity index (χ4v) is 3.77. The minimum atomic E-state index is -1.01. The van der Waals surface area contributed by atoms with Gasteiger partial charge < -0.3 is 20.3 Å². The number of amides is 3. The van der Waals surface area contributed by atoms with Crippen molar-refractivity contribution in [2.45, 2.75) is 32.4 Å². The van der Waals surface area contributed by atoms with Crippen LogP contribution in [0, 0.1) is 12.3 Å². The van der Waals surface area contributed by atoms with Crippen LogP contribution in [0.3, 0.4) is 0 Å². The highest BCUT2D eigenvalue weighted by atomic mass is 16.6. The summed E-state index contributed by atoms with van der Waals surface area (Å²) in [5, 5.41) is 7.41. The highest BCUT2D eigenvalue weighted by molar-refractivity contribution is 6.00. The molecule has 1 unspecified atom stereocenters. The first-order valence-corrected chi connectivity index (χ1v) is 11.8. The van der Waals surface area contributed by atoms with E-state index in [1.807, 2.05) is 42.5 Å². The zero-order chi connectivity index (χ0) is 27.0. The maximum atomic E-state index is 13.7. The van der Waals surface area contributed by atoms with Crippen LogP contribution in [-0.2, 0) is 14.3 Å². The molecule has 0 saturated carbocycles. The number of hydrogen-bond donors (Lipinski definition) is 2. The lowest BCUT2D eigenvalue weighted by Gasteiger charge is -2.31. The number of anilines is 1. The lowest BCUT2D eigenvalue weighted by molar-refractivity contribution is -0.137. The fraction of sp³-hybridized carbons (Fsp3) is 0.233. The van der Waals surface area contributed by atoms with Gasteiger partial charge in [-0.15, -0.1) is 13.0 Å². The number of rotatable bonds is 8. The third-order valence-electron chi connectivity index (χ3n) is 5.40. The molecule has 2 N–H and O–H groups in total. The van der Waals surface area contributed by atoms with E-state index >= 15 is 0 Å². The van der Waals surface area contributed by atoms with Crippen LogP contribution in [0.4, 0.5) is 10.5 Å². The molecule has 0 aliphatic heterocycles. The third-order valence-corrected chi connectivity index (χ3v) is 5.40. The molecule has 0 heterocycles. The van der Waals surface area contributed by atoms with Crippen molar-refractivity contribution < 1.29 is 19.1 Å². The van der Waals surface area contributed by atoms with E-state index in [-0.39, 0.29) is 13.1 Å². The van der Waals surface area contributed by atoms with Gasteiger partial charge in [-0.2, -0.15) is 0 Å². The summed E-state index contributed by atoms with van der Waals surface area (Å²) < 4.78 is 5.22. The topological polar surface area (TPSA) is 87.7 Å². The first-order valence-electron chi connectivity index (χ1n) is 11.8. The van der Waals surface area contributed by atoms with Crippen molar-refractivity contribution in [3.8, 4) is 12.3 Å². The summed E-state index contributed by atoms with van der Waals surface area (Å²) in [6.45, 7) is 8.64. The van der Waals surface area contributed by atoms with Gasteiger partial charge >= 0.3 is 6.09 Å². The average molecular weight is 498 g/mol. The number of nitrogens with zero attached hydrogens (tertiary/aromatic N) is 1. The molecule has 37 heavy (non-hydrogen) atoms. The Morgan fingerprint density at radius 2 is 1.73 bits per heavy atom. The molecule has 1 atom stereocenters. The smallest absolute Gasteiger partial charge is 0.408 e. The number of carbonyl (C=O) groups is 3. The Morgan fingerprint density at radius 1 is 1.05 bits per heavy atom. The van der Waals surface area contributed by atoms with E-state index in [1.165, 1.54) is 11.0 Å².